The van der Waals surface area contributed by atoms with Gasteiger partial charge in [0, 0.05) is 11.3 Å². The molecule has 1 aromatic rings. The number of nitrogens with zero attached hydrogens (tertiary/aromatic N) is 1. The van der Waals surface area contributed by atoms with Crippen molar-refractivity contribution in [2.24, 2.45) is 0 Å². The maximum absolute atomic E-state index is 11.2. The van der Waals surface area contributed by atoms with Gasteiger partial charge in [0.1, 0.15) is 6.10 Å². The van der Waals surface area contributed by atoms with E-state index in [0.717, 1.165) is 0 Å². The molecular weight excluding hydrogens is 250 g/mol. The number of esters is 1. The molecule has 6 nitrogen and oxygen atoms in total. The van der Waals surface area contributed by atoms with Gasteiger partial charge in [-0.15, -0.1) is 0 Å². The standard InChI is InChI=1S/C13H17NO5/c1-3-4-11(14(17)18)12(15)9-5-7-10(8-6-9)13(16)19-2/h5-8,11-12,15H,3-4H2,1-2H3. The summed E-state index contributed by atoms with van der Waals surface area (Å²) in [6.07, 6.45) is -0.266. The fraction of sp³-hybridized carbons (Fsp3) is 0.462. The molecule has 0 saturated carbocycles. The van der Waals surface area contributed by atoms with Crippen molar-refractivity contribution in [1.29, 1.82) is 0 Å². The highest BCUT2D eigenvalue weighted by atomic mass is 16.6. The molecule has 0 fully saturated rings. The van der Waals surface area contributed by atoms with Crippen molar-refractivity contribution in [3.8, 4) is 0 Å². The van der Waals surface area contributed by atoms with E-state index in [4.69, 9.17) is 0 Å². The van der Waals surface area contributed by atoms with Crippen LogP contribution >= 0.6 is 0 Å². The number of aliphatic hydroxyl groups excluding tert-OH is 1. The molecular formula is C13H17NO5. The van der Waals surface area contributed by atoms with Crippen molar-refractivity contribution in [3.63, 3.8) is 0 Å². The summed E-state index contributed by atoms with van der Waals surface area (Å²) in [5.74, 6) is -0.486. The number of carbonyl (C=O) groups is 1. The van der Waals surface area contributed by atoms with Crippen LogP contribution in [0.3, 0.4) is 0 Å². The molecule has 0 aromatic heterocycles. The van der Waals surface area contributed by atoms with E-state index < -0.39 is 23.0 Å². The van der Waals surface area contributed by atoms with Crippen molar-refractivity contribution in [3.05, 3.63) is 45.5 Å². The fourth-order valence-corrected chi connectivity index (χ4v) is 1.83. The average molecular weight is 267 g/mol. The molecule has 2 unspecified atom stereocenters. The van der Waals surface area contributed by atoms with Gasteiger partial charge in [-0.3, -0.25) is 10.1 Å². The summed E-state index contributed by atoms with van der Waals surface area (Å²) in [6, 6.07) is 4.93. The molecule has 0 spiro atoms. The van der Waals surface area contributed by atoms with Crippen LogP contribution in [0, 0.1) is 10.1 Å². The number of nitro groups is 1. The van der Waals surface area contributed by atoms with Crippen LogP contribution in [0.25, 0.3) is 0 Å². The Morgan fingerprint density at radius 2 is 2.00 bits per heavy atom. The molecule has 1 aromatic carbocycles. The van der Waals surface area contributed by atoms with E-state index in [1.807, 2.05) is 6.92 Å². The van der Waals surface area contributed by atoms with Gasteiger partial charge in [0.25, 0.3) is 0 Å². The molecule has 0 amide bonds. The monoisotopic (exact) mass is 267 g/mol. The Balaban J connectivity index is 2.90. The highest BCUT2D eigenvalue weighted by Gasteiger charge is 2.30. The lowest BCUT2D eigenvalue weighted by atomic mass is 9.98. The van der Waals surface area contributed by atoms with Gasteiger partial charge in [-0.05, 0) is 24.1 Å². The zero-order chi connectivity index (χ0) is 14.4. The van der Waals surface area contributed by atoms with E-state index in [-0.39, 0.29) is 0 Å². The molecule has 0 bridgehead atoms. The molecule has 1 N–H and O–H groups in total. The van der Waals surface area contributed by atoms with Gasteiger partial charge in [-0.25, -0.2) is 4.79 Å². The lowest BCUT2D eigenvalue weighted by Crippen LogP contribution is -2.27. The Labute approximate surface area is 111 Å². The second kappa shape index (κ2) is 6.84. The number of carbonyl (C=O) groups excluding carboxylic acids is 1. The van der Waals surface area contributed by atoms with Crippen molar-refractivity contribution in [2.45, 2.75) is 31.9 Å². The van der Waals surface area contributed by atoms with E-state index in [2.05, 4.69) is 4.74 Å². The van der Waals surface area contributed by atoms with Crippen LogP contribution in [0.2, 0.25) is 0 Å². The average Bonchev–Trinajstić information content (AvgIpc) is 2.43. The topological polar surface area (TPSA) is 89.7 Å². The molecule has 0 heterocycles. The Morgan fingerprint density at radius 3 is 2.42 bits per heavy atom. The molecule has 0 saturated heterocycles. The summed E-state index contributed by atoms with van der Waals surface area (Å²) in [7, 11) is 1.27. The maximum Gasteiger partial charge on any atom is 0.337 e. The maximum atomic E-state index is 11.2. The second-order valence-electron chi connectivity index (χ2n) is 4.20. The molecule has 104 valence electrons. The number of methoxy groups -OCH3 is 1. The van der Waals surface area contributed by atoms with Gasteiger partial charge >= 0.3 is 5.97 Å². The quantitative estimate of drug-likeness (QED) is 0.483. The van der Waals surface area contributed by atoms with Crippen molar-refractivity contribution < 1.29 is 19.6 Å². The highest BCUT2D eigenvalue weighted by Crippen LogP contribution is 2.22. The van der Waals surface area contributed by atoms with Crippen LogP contribution in [0.5, 0.6) is 0 Å². The Morgan fingerprint density at radius 1 is 1.42 bits per heavy atom. The van der Waals surface area contributed by atoms with Crippen LogP contribution < -0.4 is 0 Å². The van der Waals surface area contributed by atoms with Gasteiger partial charge < -0.3 is 9.84 Å². The van der Waals surface area contributed by atoms with Crippen LogP contribution in [-0.2, 0) is 4.74 Å². The first-order chi connectivity index (χ1) is 9.01. The van der Waals surface area contributed by atoms with Crippen LogP contribution in [0.1, 0.15) is 41.8 Å². The number of hydrogen-bond acceptors (Lipinski definition) is 5. The molecule has 6 heteroatoms. The normalized spacial score (nSPS) is 13.6. The van der Waals surface area contributed by atoms with E-state index in [0.29, 0.717) is 24.0 Å². The molecule has 0 aliphatic heterocycles. The third-order valence-electron chi connectivity index (χ3n) is 2.89. The minimum Gasteiger partial charge on any atom is -0.465 e. The lowest BCUT2D eigenvalue weighted by molar-refractivity contribution is -0.536. The Bertz CT molecular complexity index is 443. The summed E-state index contributed by atoms with van der Waals surface area (Å²) in [6.45, 7) is 1.82. The zero-order valence-corrected chi connectivity index (χ0v) is 10.9. The minimum absolute atomic E-state index is 0.299. The number of aliphatic hydroxyl groups is 1. The minimum atomic E-state index is -1.18. The van der Waals surface area contributed by atoms with E-state index in [1.165, 1.54) is 31.4 Å². The van der Waals surface area contributed by atoms with E-state index in [1.54, 1.807) is 0 Å². The fourth-order valence-electron chi connectivity index (χ4n) is 1.83. The van der Waals surface area contributed by atoms with Crippen molar-refractivity contribution in [1.82, 2.24) is 0 Å². The summed E-state index contributed by atoms with van der Waals surface area (Å²) in [4.78, 5) is 21.7. The summed E-state index contributed by atoms with van der Waals surface area (Å²) < 4.78 is 4.55. The first-order valence-electron chi connectivity index (χ1n) is 6.01. The molecule has 19 heavy (non-hydrogen) atoms. The van der Waals surface area contributed by atoms with Crippen molar-refractivity contribution in [2.75, 3.05) is 7.11 Å². The predicted octanol–water partition coefficient (Wildman–Crippen LogP) is 1.95. The van der Waals surface area contributed by atoms with Gasteiger partial charge in [0.05, 0.1) is 12.7 Å². The largest absolute Gasteiger partial charge is 0.465 e. The smallest absolute Gasteiger partial charge is 0.337 e. The van der Waals surface area contributed by atoms with Crippen LogP contribution in [0.4, 0.5) is 0 Å². The Kier molecular flexibility index (Phi) is 5.44. The summed E-state index contributed by atoms with van der Waals surface area (Å²) in [5.41, 5.74) is 0.759. The molecule has 0 aliphatic rings. The third-order valence-corrected chi connectivity index (χ3v) is 2.89. The molecule has 0 radical (unpaired) electrons. The number of benzene rings is 1. The van der Waals surface area contributed by atoms with E-state index in [9.17, 15) is 20.0 Å². The molecule has 0 aliphatic carbocycles. The third kappa shape index (κ3) is 3.75. The SMILES string of the molecule is CCCC(C(O)c1ccc(C(=O)OC)cc1)[N+](=O)[O-]. The number of ether oxygens (including phenoxy) is 1. The summed E-state index contributed by atoms with van der Waals surface area (Å²) in [5, 5.41) is 20.9. The lowest BCUT2D eigenvalue weighted by Gasteiger charge is -2.16. The summed E-state index contributed by atoms with van der Waals surface area (Å²) >= 11 is 0. The first kappa shape index (κ1) is 15.1. The highest BCUT2D eigenvalue weighted by molar-refractivity contribution is 5.89. The Hall–Kier alpha value is -1.95. The number of rotatable bonds is 6. The predicted molar refractivity (Wildman–Crippen MR) is 68.4 cm³/mol. The van der Waals surface area contributed by atoms with Crippen LogP contribution in [-0.4, -0.2) is 29.2 Å². The van der Waals surface area contributed by atoms with Gasteiger partial charge in [0.15, 0.2) is 0 Å². The molecule has 2 atom stereocenters. The first-order valence-corrected chi connectivity index (χ1v) is 6.01. The van der Waals surface area contributed by atoms with Gasteiger partial charge in [-0.1, -0.05) is 19.1 Å². The number of hydrogen-bond donors (Lipinski definition) is 1. The van der Waals surface area contributed by atoms with Gasteiger partial charge in [0.2, 0.25) is 6.04 Å². The van der Waals surface area contributed by atoms with Crippen molar-refractivity contribution >= 4 is 5.97 Å². The van der Waals surface area contributed by atoms with E-state index >= 15 is 0 Å². The molecule has 1 rings (SSSR count). The second-order valence-corrected chi connectivity index (χ2v) is 4.20. The van der Waals surface area contributed by atoms with Gasteiger partial charge in [-0.2, -0.15) is 0 Å². The zero-order valence-electron chi connectivity index (χ0n) is 10.9. The van der Waals surface area contributed by atoms with Crippen LogP contribution in [0.15, 0.2) is 24.3 Å².